The van der Waals surface area contributed by atoms with E-state index in [1.165, 1.54) is 6.08 Å². The lowest BCUT2D eigenvalue weighted by molar-refractivity contribution is -0.151. The molecule has 7 heteroatoms. The fourth-order valence-electron chi connectivity index (χ4n) is 1.37. The van der Waals surface area contributed by atoms with Gasteiger partial charge in [0.15, 0.2) is 0 Å². The number of cyclic esters (lactones) is 1. The first-order valence-electron chi connectivity index (χ1n) is 6.02. The van der Waals surface area contributed by atoms with Crippen molar-refractivity contribution in [3.05, 3.63) is 11.6 Å². The summed E-state index contributed by atoms with van der Waals surface area (Å²) in [7, 11) is 0. The highest BCUT2D eigenvalue weighted by Crippen LogP contribution is 2.13. The van der Waals surface area contributed by atoms with E-state index < -0.39 is 18.4 Å². The van der Waals surface area contributed by atoms with Crippen molar-refractivity contribution >= 4 is 18.0 Å². The van der Waals surface area contributed by atoms with Gasteiger partial charge in [-0.25, -0.2) is 9.59 Å². The predicted octanol–water partition coefficient (Wildman–Crippen LogP) is 0.885. The summed E-state index contributed by atoms with van der Waals surface area (Å²) >= 11 is 0. The first-order valence-corrected chi connectivity index (χ1v) is 6.02. The molecule has 0 aromatic heterocycles. The number of esters is 2. The summed E-state index contributed by atoms with van der Waals surface area (Å²) in [5.41, 5.74) is 0.403. The van der Waals surface area contributed by atoms with Gasteiger partial charge in [0.2, 0.25) is 0 Å². The van der Waals surface area contributed by atoms with E-state index in [1.54, 1.807) is 13.8 Å². The fourth-order valence-corrected chi connectivity index (χ4v) is 1.37. The molecule has 0 fully saturated rings. The summed E-state index contributed by atoms with van der Waals surface area (Å²) in [4.78, 5) is 33.3. The molecule has 0 saturated heterocycles. The van der Waals surface area contributed by atoms with Gasteiger partial charge in [-0.2, -0.15) is 0 Å². The molecule has 1 aliphatic rings. The minimum Gasteiger partial charge on any atom is -0.466 e. The molecule has 0 radical (unpaired) electrons. The van der Waals surface area contributed by atoms with E-state index in [9.17, 15) is 14.4 Å². The molecule has 106 valence electrons. The molecule has 0 spiro atoms. The monoisotopic (exact) mass is 271 g/mol. The summed E-state index contributed by atoms with van der Waals surface area (Å²) in [6, 6.07) is 0. The molecule has 0 aromatic rings. The van der Waals surface area contributed by atoms with Crippen LogP contribution in [0.1, 0.15) is 26.7 Å². The Morgan fingerprint density at radius 2 is 2.21 bits per heavy atom. The fraction of sp³-hybridized carbons (Fsp3) is 0.583. The van der Waals surface area contributed by atoms with Crippen LogP contribution in [0.15, 0.2) is 11.6 Å². The van der Waals surface area contributed by atoms with Crippen LogP contribution in [-0.4, -0.2) is 37.5 Å². The Hall–Kier alpha value is -2.05. The normalized spacial score (nSPS) is 17.5. The zero-order valence-corrected chi connectivity index (χ0v) is 10.9. The highest BCUT2D eigenvalue weighted by molar-refractivity contribution is 5.90. The molecule has 0 bridgehead atoms. The SMILES string of the molecule is CCOC(=O)CCCNC(=O)OC1C=C(C)C(=O)O1. The zero-order valence-electron chi connectivity index (χ0n) is 10.9. The van der Waals surface area contributed by atoms with Gasteiger partial charge in [-0.15, -0.1) is 0 Å². The molecule has 19 heavy (non-hydrogen) atoms. The average molecular weight is 271 g/mol. The van der Waals surface area contributed by atoms with Crippen molar-refractivity contribution in [1.29, 1.82) is 0 Å². The first kappa shape index (κ1) is 15.0. The molecular weight excluding hydrogens is 254 g/mol. The predicted molar refractivity (Wildman–Crippen MR) is 64.0 cm³/mol. The highest BCUT2D eigenvalue weighted by Gasteiger charge is 2.25. The van der Waals surface area contributed by atoms with E-state index in [0.717, 1.165) is 0 Å². The minimum atomic E-state index is -0.974. The maximum Gasteiger partial charge on any atom is 0.410 e. The number of carbonyl (C=O) groups excluding carboxylic acids is 3. The van der Waals surface area contributed by atoms with Crippen LogP contribution >= 0.6 is 0 Å². The summed E-state index contributed by atoms with van der Waals surface area (Å²) in [5, 5.41) is 2.45. The highest BCUT2D eigenvalue weighted by atomic mass is 16.7. The number of ether oxygens (including phenoxy) is 3. The molecule has 1 unspecified atom stereocenters. The maximum absolute atomic E-state index is 11.3. The number of carbonyl (C=O) groups is 3. The maximum atomic E-state index is 11.3. The van der Waals surface area contributed by atoms with Crippen LogP contribution < -0.4 is 5.32 Å². The van der Waals surface area contributed by atoms with Crippen molar-refractivity contribution in [1.82, 2.24) is 5.32 Å². The number of alkyl carbamates (subject to hydrolysis) is 1. The zero-order chi connectivity index (χ0) is 14.3. The van der Waals surface area contributed by atoms with Crippen LogP contribution in [0.25, 0.3) is 0 Å². The van der Waals surface area contributed by atoms with Gasteiger partial charge in [-0.3, -0.25) is 4.79 Å². The molecule has 1 atom stereocenters. The Balaban J connectivity index is 2.12. The molecule has 1 amide bonds. The lowest BCUT2D eigenvalue weighted by atomic mass is 10.3. The topological polar surface area (TPSA) is 90.9 Å². The standard InChI is InChI=1S/C12H17NO6/c1-3-17-9(14)5-4-6-13-12(16)19-10-7-8(2)11(15)18-10/h7,10H,3-6H2,1-2H3,(H,13,16). The smallest absolute Gasteiger partial charge is 0.410 e. The van der Waals surface area contributed by atoms with Crippen molar-refractivity contribution in [2.75, 3.05) is 13.2 Å². The van der Waals surface area contributed by atoms with Crippen LogP contribution in [0, 0.1) is 0 Å². The third-order valence-electron chi connectivity index (χ3n) is 2.29. The molecule has 1 aliphatic heterocycles. The van der Waals surface area contributed by atoms with Crippen molar-refractivity contribution in [3.8, 4) is 0 Å². The Morgan fingerprint density at radius 3 is 2.79 bits per heavy atom. The third-order valence-corrected chi connectivity index (χ3v) is 2.29. The Kier molecular flexibility index (Phi) is 5.84. The quantitative estimate of drug-likeness (QED) is 0.569. The lowest BCUT2D eigenvalue weighted by Gasteiger charge is -2.10. The van der Waals surface area contributed by atoms with Gasteiger partial charge in [-0.05, 0) is 20.3 Å². The number of nitrogens with one attached hydrogen (secondary N) is 1. The van der Waals surface area contributed by atoms with Gasteiger partial charge in [0.05, 0.1) is 6.61 Å². The molecule has 7 nitrogen and oxygen atoms in total. The Bertz CT molecular complexity index is 390. The number of hydrogen-bond acceptors (Lipinski definition) is 6. The van der Waals surface area contributed by atoms with Gasteiger partial charge in [0.25, 0.3) is 6.29 Å². The van der Waals surface area contributed by atoms with Crippen LogP contribution in [0.3, 0.4) is 0 Å². The van der Waals surface area contributed by atoms with E-state index in [2.05, 4.69) is 5.32 Å². The van der Waals surface area contributed by atoms with Gasteiger partial charge < -0.3 is 19.5 Å². The van der Waals surface area contributed by atoms with E-state index in [-0.39, 0.29) is 18.9 Å². The Labute approximate surface area is 110 Å². The van der Waals surface area contributed by atoms with Gasteiger partial charge in [0, 0.05) is 24.6 Å². The minimum absolute atomic E-state index is 0.228. The van der Waals surface area contributed by atoms with Crippen molar-refractivity contribution in [3.63, 3.8) is 0 Å². The van der Waals surface area contributed by atoms with Crippen molar-refractivity contribution < 1.29 is 28.6 Å². The largest absolute Gasteiger partial charge is 0.466 e. The van der Waals surface area contributed by atoms with Gasteiger partial charge >= 0.3 is 18.0 Å². The van der Waals surface area contributed by atoms with Crippen LogP contribution in [-0.2, 0) is 23.8 Å². The summed E-state index contributed by atoms with van der Waals surface area (Å²) in [6.45, 7) is 3.92. The molecule has 1 rings (SSSR count). The summed E-state index contributed by atoms with van der Waals surface area (Å²) in [5.74, 6) is -0.805. The Morgan fingerprint density at radius 1 is 1.47 bits per heavy atom. The van der Waals surface area contributed by atoms with Gasteiger partial charge in [-0.1, -0.05) is 0 Å². The molecule has 1 N–H and O–H groups in total. The second kappa shape index (κ2) is 7.40. The third kappa shape index (κ3) is 5.41. The van der Waals surface area contributed by atoms with Crippen molar-refractivity contribution in [2.24, 2.45) is 0 Å². The van der Waals surface area contributed by atoms with Crippen LogP contribution in [0.5, 0.6) is 0 Å². The molecule has 0 saturated carbocycles. The number of rotatable bonds is 6. The van der Waals surface area contributed by atoms with Crippen LogP contribution in [0.4, 0.5) is 4.79 Å². The molecular formula is C12H17NO6. The second-order valence-corrected chi connectivity index (χ2v) is 3.86. The van der Waals surface area contributed by atoms with E-state index >= 15 is 0 Å². The van der Waals surface area contributed by atoms with Gasteiger partial charge in [0.1, 0.15) is 0 Å². The number of hydrogen-bond donors (Lipinski definition) is 1. The van der Waals surface area contributed by atoms with E-state index in [1.807, 2.05) is 0 Å². The first-order chi connectivity index (χ1) is 9.02. The van der Waals surface area contributed by atoms with Crippen molar-refractivity contribution in [2.45, 2.75) is 33.0 Å². The molecule has 1 heterocycles. The summed E-state index contributed by atoms with van der Waals surface area (Å²) in [6.07, 6.45) is 0.421. The number of amides is 1. The lowest BCUT2D eigenvalue weighted by Crippen LogP contribution is -2.29. The average Bonchev–Trinajstić information content (AvgIpc) is 2.64. The molecule has 0 aliphatic carbocycles. The molecule has 0 aromatic carbocycles. The van der Waals surface area contributed by atoms with E-state index in [4.69, 9.17) is 14.2 Å². The second-order valence-electron chi connectivity index (χ2n) is 3.86. The van der Waals surface area contributed by atoms with E-state index in [0.29, 0.717) is 18.6 Å². The van der Waals surface area contributed by atoms with Crippen LogP contribution in [0.2, 0.25) is 0 Å². The summed E-state index contributed by atoms with van der Waals surface area (Å²) < 4.78 is 14.3.